The van der Waals surface area contributed by atoms with Gasteiger partial charge in [-0.25, -0.2) is 9.97 Å². The second-order valence-corrected chi connectivity index (χ2v) is 4.83. The topological polar surface area (TPSA) is 50.3 Å². The Morgan fingerprint density at radius 3 is 2.45 bits per heavy atom. The lowest BCUT2D eigenvalue weighted by atomic mass is 10.3. The SMILES string of the molecule is COc1ccc(N(C)c2nc(C)nc(NP)c2Cl)cc1. The van der Waals surface area contributed by atoms with Gasteiger partial charge in [-0.15, -0.1) is 0 Å². The molecule has 1 aromatic carbocycles. The number of benzene rings is 1. The van der Waals surface area contributed by atoms with E-state index < -0.39 is 0 Å². The first-order valence-electron chi connectivity index (χ1n) is 5.95. The van der Waals surface area contributed by atoms with Crippen molar-refractivity contribution in [3.05, 3.63) is 35.1 Å². The van der Waals surface area contributed by atoms with Crippen LogP contribution in [0.2, 0.25) is 5.02 Å². The summed E-state index contributed by atoms with van der Waals surface area (Å²) in [5.41, 5.74) is 0.959. The van der Waals surface area contributed by atoms with Crippen LogP contribution < -0.4 is 14.7 Å². The third kappa shape index (κ3) is 2.94. The van der Waals surface area contributed by atoms with Crippen molar-refractivity contribution in [3.8, 4) is 5.75 Å². The van der Waals surface area contributed by atoms with E-state index in [-0.39, 0.29) is 0 Å². The van der Waals surface area contributed by atoms with Crippen molar-refractivity contribution in [3.63, 3.8) is 0 Å². The maximum atomic E-state index is 6.32. The number of nitrogens with one attached hydrogen (secondary N) is 1. The summed E-state index contributed by atoms with van der Waals surface area (Å²) in [7, 11) is 5.93. The van der Waals surface area contributed by atoms with Crippen LogP contribution in [0.5, 0.6) is 5.75 Å². The molecule has 20 heavy (non-hydrogen) atoms. The van der Waals surface area contributed by atoms with Gasteiger partial charge in [-0.3, -0.25) is 0 Å². The molecule has 5 nitrogen and oxygen atoms in total. The molecule has 106 valence electrons. The molecule has 0 aliphatic heterocycles. The molecule has 0 spiro atoms. The fourth-order valence-corrected chi connectivity index (χ4v) is 2.36. The van der Waals surface area contributed by atoms with Crippen molar-refractivity contribution in [2.75, 3.05) is 24.1 Å². The Morgan fingerprint density at radius 1 is 1.25 bits per heavy atom. The Hall–Kier alpha value is -1.58. The number of methoxy groups -OCH3 is 1. The van der Waals surface area contributed by atoms with Gasteiger partial charge in [0.25, 0.3) is 0 Å². The molecule has 1 atom stereocenters. The number of anilines is 3. The van der Waals surface area contributed by atoms with Gasteiger partial charge >= 0.3 is 0 Å². The first-order chi connectivity index (χ1) is 9.56. The van der Waals surface area contributed by atoms with E-state index in [0.717, 1.165) is 11.4 Å². The number of hydrogen-bond acceptors (Lipinski definition) is 5. The molecule has 2 rings (SSSR count). The molecule has 0 saturated carbocycles. The van der Waals surface area contributed by atoms with E-state index in [0.29, 0.717) is 22.5 Å². The fraction of sp³-hybridized carbons (Fsp3) is 0.231. The summed E-state index contributed by atoms with van der Waals surface area (Å²) in [4.78, 5) is 10.5. The largest absolute Gasteiger partial charge is 0.497 e. The summed E-state index contributed by atoms with van der Waals surface area (Å²) < 4.78 is 5.15. The van der Waals surface area contributed by atoms with Gasteiger partial charge in [0, 0.05) is 12.7 Å². The van der Waals surface area contributed by atoms with Gasteiger partial charge in [-0.05, 0) is 40.6 Å². The molecule has 0 aliphatic carbocycles. The molecule has 0 saturated heterocycles. The molecule has 1 unspecified atom stereocenters. The molecule has 1 N–H and O–H groups in total. The summed E-state index contributed by atoms with van der Waals surface area (Å²) in [5.74, 6) is 2.68. The summed E-state index contributed by atoms with van der Waals surface area (Å²) in [6.45, 7) is 1.83. The maximum Gasteiger partial charge on any atom is 0.157 e. The Morgan fingerprint density at radius 2 is 1.90 bits per heavy atom. The zero-order valence-electron chi connectivity index (χ0n) is 11.5. The second kappa shape index (κ2) is 6.25. The van der Waals surface area contributed by atoms with Crippen molar-refractivity contribution in [2.45, 2.75) is 6.92 Å². The van der Waals surface area contributed by atoms with Gasteiger partial charge < -0.3 is 14.7 Å². The zero-order chi connectivity index (χ0) is 14.7. The van der Waals surface area contributed by atoms with Crippen LogP contribution in [-0.2, 0) is 0 Å². The van der Waals surface area contributed by atoms with E-state index in [1.807, 2.05) is 43.1 Å². The van der Waals surface area contributed by atoms with Gasteiger partial charge in [0.1, 0.15) is 16.6 Å². The van der Waals surface area contributed by atoms with E-state index >= 15 is 0 Å². The molecule has 0 amide bonds. The predicted octanol–water partition coefficient (Wildman–Crippen LogP) is 3.42. The summed E-state index contributed by atoms with van der Waals surface area (Å²) in [6.07, 6.45) is 0. The van der Waals surface area contributed by atoms with Gasteiger partial charge in [-0.1, -0.05) is 11.6 Å². The Bertz CT molecular complexity index is 606. The molecule has 0 bridgehead atoms. The number of nitrogens with zero attached hydrogens (tertiary/aromatic N) is 3. The van der Waals surface area contributed by atoms with Crippen LogP contribution in [0.1, 0.15) is 5.82 Å². The molecule has 0 aliphatic rings. The number of rotatable bonds is 4. The summed E-state index contributed by atoms with van der Waals surface area (Å²) in [6, 6.07) is 7.67. The number of halogens is 1. The quantitative estimate of drug-likeness (QED) is 0.877. The van der Waals surface area contributed by atoms with Crippen molar-refractivity contribution in [1.29, 1.82) is 0 Å². The minimum atomic E-state index is 0.476. The van der Waals surface area contributed by atoms with Crippen LogP contribution in [0.4, 0.5) is 17.3 Å². The lowest BCUT2D eigenvalue weighted by Crippen LogP contribution is -2.13. The smallest absolute Gasteiger partial charge is 0.157 e. The molecule has 0 radical (unpaired) electrons. The standard InChI is InChI=1S/C13H16ClN4OP/c1-8-15-12(17-20)11(14)13(16-8)18(2)9-4-6-10(19-3)7-5-9/h4-7H,20H2,1-3H3,(H,15,16,17). The predicted molar refractivity (Wildman–Crippen MR) is 86.2 cm³/mol. The average molecular weight is 311 g/mol. The second-order valence-electron chi connectivity index (χ2n) is 4.16. The summed E-state index contributed by atoms with van der Waals surface area (Å²) in [5, 5.41) is 3.36. The van der Waals surface area contributed by atoms with Crippen molar-refractivity contribution in [2.24, 2.45) is 0 Å². The monoisotopic (exact) mass is 310 g/mol. The van der Waals surface area contributed by atoms with E-state index in [2.05, 4.69) is 24.4 Å². The highest BCUT2D eigenvalue weighted by Crippen LogP contribution is 2.34. The van der Waals surface area contributed by atoms with Gasteiger partial charge in [0.2, 0.25) is 0 Å². The number of hydrogen-bond donors (Lipinski definition) is 1. The van der Waals surface area contributed by atoms with Gasteiger partial charge in [-0.2, -0.15) is 0 Å². The minimum Gasteiger partial charge on any atom is -0.497 e. The van der Waals surface area contributed by atoms with E-state index in [1.54, 1.807) is 7.11 Å². The van der Waals surface area contributed by atoms with Crippen molar-refractivity contribution < 1.29 is 4.74 Å². The Labute approximate surface area is 125 Å². The van der Waals surface area contributed by atoms with Crippen LogP contribution in [0.15, 0.2) is 24.3 Å². The first-order valence-corrected chi connectivity index (χ1v) is 6.91. The van der Waals surface area contributed by atoms with Crippen LogP contribution in [0, 0.1) is 6.92 Å². The molecular formula is C13H16ClN4OP. The number of aryl methyl sites for hydroxylation is 1. The fourth-order valence-electron chi connectivity index (χ4n) is 1.79. The molecular weight excluding hydrogens is 295 g/mol. The highest BCUT2D eigenvalue weighted by atomic mass is 35.5. The van der Waals surface area contributed by atoms with Crippen molar-refractivity contribution in [1.82, 2.24) is 9.97 Å². The third-order valence-corrected chi connectivity index (χ3v) is 3.48. The lowest BCUT2D eigenvalue weighted by Gasteiger charge is -2.21. The van der Waals surface area contributed by atoms with Crippen LogP contribution >= 0.6 is 21.0 Å². The van der Waals surface area contributed by atoms with Crippen LogP contribution in [0.3, 0.4) is 0 Å². The molecule has 7 heteroatoms. The van der Waals surface area contributed by atoms with E-state index in [4.69, 9.17) is 16.3 Å². The molecule has 1 heterocycles. The Balaban J connectivity index is 2.41. The van der Waals surface area contributed by atoms with Gasteiger partial charge in [0.15, 0.2) is 11.6 Å². The molecule has 2 aromatic rings. The van der Waals surface area contributed by atoms with E-state index in [9.17, 15) is 0 Å². The lowest BCUT2D eigenvalue weighted by molar-refractivity contribution is 0.415. The highest BCUT2D eigenvalue weighted by molar-refractivity contribution is 7.18. The number of ether oxygens (including phenoxy) is 1. The normalized spacial score (nSPS) is 10.2. The number of aromatic nitrogens is 2. The maximum absolute atomic E-state index is 6.32. The third-order valence-electron chi connectivity index (χ3n) is 2.86. The zero-order valence-corrected chi connectivity index (χ0v) is 13.4. The van der Waals surface area contributed by atoms with Crippen LogP contribution in [-0.4, -0.2) is 24.1 Å². The average Bonchev–Trinajstić information content (AvgIpc) is 2.48. The first kappa shape index (κ1) is 14.8. The Kier molecular flexibility index (Phi) is 4.63. The highest BCUT2D eigenvalue weighted by Gasteiger charge is 2.15. The molecule has 0 fully saturated rings. The van der Waals surface area contributed by atoms with Crippen molar-refractivity contribution >= 4 is 38.3 Å². The van der Waals surface area contributed by atoms with E-state index in [1.165, 1.54) is 0 Å². The minimum absolute atomic E-state index is 0.476. The summed E-state index contributed by atoms with van der Waals surface area (Å²) >= 11 is 6.32. The van der Waals surface area contributed by atoms with Gasteiger partial charge in [0.05, 0.1) is 7.11 Å². The molecule has 1 aromatic heterocycles. The van der Waals surface area contributed by atoms with Crippen LogP contribution in [0.25, 0.3) is 0 Å².